The molecule has 1 saturated heterocycles. The summed E-state index contributed by atoms with van der Waals surface area (Å²) in [4.78, 5) is 39.1. The molecule has 0 radical (unpaired) electrons. The Morgan fingerprint density at radius 3 is 2.37 bits per heavy atom. The van der Waals surface area contributed by atoms with Gasteiger partial charge < -0.3 is 9.47 Å². The molecule has 35 heavy (non-hydrogen) atoms. The van der Waals surface area contributed by atoms with Gasteiger partial charge in [-0.25, -0.2) is 14.1 Å². The monoisotopic (exact) mass is 494 g/mol. The summed E-state index contributed by atoms with van der Waals surface area (Å²) in [6, 6.07) is 16.0. The van der Waals surface area contributed by atoms with E-state index in [9.17, 15) is 18.8 Å². The van der Waals surface area contributed by atoms with Crippen LogP contribution in [0.1, 0.15) is 18.1 Å². The zero-order valence-corrected chi connectivity index (χ0v) is 19.3. The van der Waals surface area contributed by atoms with Gasteiger partial charge in [0.15, 0.2) is 0 Å². The van der Waals surface area contributed by atoms with Gasteiger partial charge in [-0.1, -0.05) is 23.7 Å². The van der Waals surface area contributed by atoms with Crippen molar-refractivity contribution in [3.63, 3.8) is 0 Å². The molecule has 3 aromatic rings. The molecule has 4 rings (SSSR count). The van der Waals surface area contributed by atoms with Crippen LogP contribution in [0.4, 0.5) is 14.9 Å². The van der Waals surface area contributed by atoms with Gasteiger partial charge in [-0.15, -0.1) is 0 Å². The van der Waals surface area contributed by atoms with Gasteiger partial charge >= 0.3 is 6.03 Å². The zero-order valence-electron chi connectivity index (χ0n) is 18.6. The van der Waals surface area contributed by atoms with Gasteiger partial charge in [0.05, 0.1) is 12.3 Å². The molecular formula is C26H20ClFN2O5. The molecule has 1 N–H and O–H groups in total. The summed E-state index contributed by atoms with van der Waals surface area (Å²) in [6.07, 6.45) is 1.32. The molecule has 178 valence electrons. The van der Waals surface area contributed by atoms with E-state index in [1.165, 1.54) is 24.3 Å². The Hall–Kier alpha value is -4.17. The zero-order chi connectivity index (χ0) is 24.9. The lowest BCUT2D eigenvalue weighted by Gasteiger charge is -2.26. The molecule has 1 fully saturated rings. The van der Waals surface area contributed by atoms with Crippen molar-refractivity contribution in [3.05, 3.63) is 94.3 Å². The lowest BCUT2D eigenvalue weighted by atomic mass is 10.1. The number of carbonyl (C=O) groups is 3. The third-order valence-corrected chi connectivity index (χ3v) is 5.32. The Morgan fingerprint density at radius 2 is 1.69 bits per heavy atom. The van der Waals surface area contributed by atoms with E-state index in [1.807, 2.05) is 6.92 Å². The van der Waals surface area contributed by atoms with E-state index in [0.29, 0.717) is 28.7 Å². The summed E-state index contributed by atoms with van der Waals surface area (Å²) < 4.78 is 24.4. The highest BCUT2D eigenvalue weighted by Crippen LogP contribution is 2.29. The second-order valence-electron chi connectivity index (χ2n) is 7.48. The number of carbonyl (C=O) groups excluding carboxylic acids is 3. The number of hydrogen-bond donors (Lipinski definition) is 1. The Kier molecular flexibility index (Phi) is 7.12. The van der Waals surface area contributed by atoms with Crippen molar-refractivity contribution in [1.82, 2.24) is 5.32 Å². The largest absolute Gasteiger partial charge is 0.494 e. The summed E-state index contributed by atoms with van der Waals surface area (Å²) >= 11 is 6.14. The second-order valence-corrected chi connectivity index (χ2v) is 7.92. The molecule has 0 bridgehead atoms. The van der Waals surface area contributed by atoms with E-state index < -0.39 is 17.8 Å². The first-order valence-electron chi connectivity index (χ1n) is 10.7. The molecule has 0 aromatic heterocycles. The van der Waals surface area contributed by atoms with Gasteiger partial charge in [-0.05, 0) is 73.2 Å². The predicted molar refractivity (Wildman–Crippen MR) is 129 cm³/mol. The molecule has 1 aliphatic heterocycles. The molecule has 9 heteroatoms. The lowest BCUT2D eigenvalue weighted by Crippen LogP contribution is -2.54. The maximum Gasteiger partial charge on any atom is 0.335 e. The van der Waals surface area contributed by atoms with E-state index >= 15 is 0 Å². The van der Waals surface area contributed by atoms with Gasteiger partial charge in [0.25, 0.3) is 11.8 Å². The predicted octanol–water partition coefficient (Wildman–Crippen LogP) is 5.12. The quantitative estimate of drug-likeness (QED) is 0.364. The Bertz CT molecular complexity index is 1310. The number of anilines is 1. The number of nitrogens with one attached hydrogen (secondary N) is 1. The summed E-state index contributed by atoms with van der Waals surface area (Å²) in [5, 5.41) is 2.54. The Labute approximate surface area is 205 Å². The summed E-state index contributed by atoms with van der Waals surface area (Å²) in [7, 11) is 0. The topological polar surface area (TPSA) is 84.9 Å². The van der Waals surface area contributed by atoms with Crippen LogP contribution in [-0.2, 0) is 16.2 Å². The Morgan fingerprint density at radius 1 is 0.971 bits per heavy atom. The van der Waals surface area contributed by atoms with Crippen LogP contribution in [0.15, 0.2) is 72.3 Å². The summed E-state index contributed by atoms with van der Waals surface area (Å²) in [5.41, 5.74) is 1.08. The average molecular weight is 495 g/mol. The number of nitrogens with zero attached hydrogens (tertiary/aromatic N) is 1. The highest BCUT2D eigenvalue weighted by molar-refractivity contribution is 6.39. The van der Waals surface area contributed by atoms with Crippen LogP contribution in [0, 0.1) is 5.82 Å². The van der Waals surface area contributed by atoms with Crippen molar-refractivity contribution in [1.29, 1.82) is 0 Å². The number of ether oxygens (including phenoxy) is 2. The van der Waals surface area contributed by atoms with Crippen molar-refractivity contribution in [3.8, 4) is 11.5 Å². The number of barbiturate groups is 1. The van der Waals surface area contributed by atoms with Gasteiger partial charge in [0, 0.05) is 10.6 Å². The summed E-state index contributed by atoms with van der Waals surface area (Å²) in [5.74, 6) is -1.08. The molecule has 0 atom stereocenters. The molecular weight excluding hydrogens is 475 g/mol. The number of amides is 4. The number of rotatable bonds is 7. The Balaban J connectivity index is 1.63. The molecule has 3 aromatic carbocycles. The van der Waals surface area contributed by atoms with Crippen molar-refractivity contribution in [2.45, 2.75) is 13.5 Å². The average Bonchev–Trinajstić information content (AvgIpc) is 2.83. The highest BCUT2D eigenvalue weighted by Gasteiger charge is 2.37. The summed E-state index contributed by atoms with van der Waals surface area (Å²) in [6.45, 7) is 2.43. The highest BCUT2D eigenvalue weighted by atomic mass is 35.5. The number of imide groups is 2. The molecule has 1 heterocycles. The molecule has 4 amide bonds. The van der Waals surface area contributed by atoms with Crippen molar-refractivity contribution >= 4 is 41.2 Å². The molecule has 0 unspecified atom stereocenters. The van der Waals surface area contributed by atoms with Crippen molar-refractivity contribution < 1.29 is 28.2 Å². The van der Waals surface area contributed by atoms with Gasteiger partial charge in [0.2, 0.25) is 0 Å². The molecule has 1 aliphatic rings. The molecule has 0 saturated carbocycles. The van der Waals surface area contributed by atoms with Crippen molar-refractivity contribution in [2.75, 3.05) is 11.5 Å². The van der Waals surface area contributed by atoms with Crippen LogP contribution in [0.3, 0.4) is 0 Å². The van der Waals surface area contributed by atoms with Gasteiger partial charge in [-0.2, -0.15) is 0 Å². The van der Waals surface area contributed by atoms with E-state index in [2.05, 4.69) is 5.32 Å². The third-order valence-electron chi connectivity index (χ3n) is 5.09. The minimum atomic E-state index is -0.861. The standard InChI is InChI=1S/C26H20ClFN2O5/c1-2-34-21-10-8-20(9-11-21)30-25(32)22(24(31)29-26(30)33)14-17-13-18(27)5-12-23(17)35-15-16-3-6-19(28)7-4-16/h3-14H,2,15H2,1H3,(H,29,31,33)/b22-14+. The van der Waals surface area contributed by atoms with Gasteiger partial charge in [0.1, 0.15) is 29.5 Å². The minimum absolute atomic E-state index is 0.120. The third kappa shape index (κ3) is 5.50. The van der Waals surface area contributed by atoms with Crippen LogP contribution < -0.4 is 19.7 Å². The number of hydrogen-bond acceptors (Lipinski definition) is 5. The van der Waals surface area contributed by atoms with Crippen LogP contribution in [-0.4, -0.2) is 24.5 Å². The fraction of sp³-hybridized carbons (Fsp3) is 0.115. The molecule has 0 spiro atoms. The fourth-order valence-corrected chi connectivity index (χ4v) is 3.59. The van der Waals surface area contributed by atoms with E-state index in [-0.39, 0.29) is 23.7 Å². The number of benzene rings is 3. The smallest absolute Gasteiger partial charge is 0.335 e. The maximum atomic E-state index is 13.2. The normalized spacial score (nSPS) is 14.8. The van der Waals surface area contributed by atoms with Crippen LogP contribution in [0.2, 0.25) is 5.02 Å². The van der Waals surface area contributed by atoms with Crippen LogP contribution in [0.25, 0.3) is 6.08 Å². The molecule has 0 aliphatic carbocycles. The van der Waals surface area contributed by atoms with Crippen molar-refractivity contribution in [2.24, 2.45) is 0 Å². The van der Waals surface area contributed by atoms with E-state index in [4.69, 9.17) is 21.1 Å². The van der Waals surface area contributed by atoms with Crippen LogP contribution >= 0.6 is 11.6 Å². The number of urea groups is 1. The number of halogens is 2. The minimum Gasteiger partial charge on any atom is -0.494 e. The first-order chi connectivity index (χ1) is 16.9. The fourth-order valence-electron chi connectivity index (χ4n) is 3.41. The van der Waals surface area contributed by atoms with E-state index in [0.717, 1.165) is 10.5 Å². The SMILES string of the molecule is CCOc1ccc(N2C(=O)NC(=O)/C(=C\c3cc(Cl)ccc3OCc3ccc(F)cc3)C2=O)cc1. The second kappa shape index (κ2) is 10.4. The van der Waals surface area contributed by atoms with Crippen LogP contribution in [0.5, 0.6) is 11.5 Å². The maximum absolute atomic E-state index is 13.2. The molecule has 7 nitrogen and oxygen atoms in total. The van der Waals surface area contributed by atoms with Gasteiger partial charge in [-0.3, -0.25) is 14.9 Å². The first-order valence-corrected chi connectivity index (χ1v) is 11.0. The van der Waals surface area contributed by atoms with E-state index in [1.54, 1.807) is 48.5 Å². The lowest BCUT2D eigenvalue weighted by molar-refractivity contribution is -0.122. The first kappa shape index (κ1) is 24.0.